The maximum atomic E-state index is 11.8. The molecule has 0 rings (SSSR count). The van der Waals surface area contributed by atoms with E-state index in [0.29, 0.717) is 5.75 Å². The van der Waals surface area contributed by atoms with Gasteiger partial charge in [-0.3, -0.25) is 4.79 Å². The number of hydrogen-bond acceptors (Lipinski definition) is 3. The molecular formula is C10H19NO3S. The molecule has 0 bridgehead atoms. The standard InChI is InChI=1S/C10H19NO3S/c1-7(6-15-5)8(12)11(4)10(2,3)9(13)14/h7H,6H2,1-5H3,(H,13,14). The van der Waals surface area contributed by atoms with Gasteiger partial charge < -0.3 is 10.0 Å². The summed E-state index contributed by atoms with van der Waals surface area (Å²) in [5, 5.41) is 8.97. The van der Waals surface area contributed by atoms with Crippen molar-refractivity contribution >= 4 is 23.6 Å². The number of likely N-dealkylation sites (N-methyl/N-ethyl adjacent to an activating group) is 1. The van der Waals surface area contributed by atoms with Gasteiger partial charge in [0.1, 0.15) is 5.54 Å². The van der Waals surface area contributed by atoms with Crippen LogP contribution in [0.3, 0.4) is 0 Å². The Kier molecular flexibility index (Phi) is 5.14. The van der Waals surface area contributed by atoms with Crippen molar-refractivity contribution in [1.29, 1.82) is 0 Å². The largest absolute Gasteiger partial charge is 0.480 e. The number of carboxylic acids is 1. The zero-order valence-corrected chi connectivity index (χ0v) is 10.7. The quantitative estimate of drug-likeness (QED) is 0.778. The van der Waals surface area contributed by atoms with Crippen LogP contribution in [0.4, 0.5) is 0 Å². The van der Waals surface area contributed by atoms with Crippen LogP contribution in [-0.4, -0.2) is 46.5 Å². The Balaban J connectivity index is 4.64. The Bertz CT molecular complexity index is 253. The lowest BCUT2D eigenvalue weighted by Crippen LogP contribution is -2.52. The third-order valence-electron chi connectivity index (χ3n) is 2.53. The van der Waals surface area contributed by atoms with E-state index in [9.17, 15) is 9.59 Å². The number of hydrogen-bond donors (Lipinski definition) is 1. The Labute approximate surface area is 95.0 Å². The summed E-state index contributed by atoms with van der Waals surface area (Å²) in [6.45, 7) is 4.87. The highest BCUT2D eigenvalue weighted by Gasteiger charge is 2.36. The number of carbonyl (C=O) groups excluding carboxylic acids is 1. The monoisotopic (exact) mass is 233 g/mol. The van der Waals surface area contributed by atoms with Crippen LogP contribution in [0.1, 0.15) is 20.8 Å². The molecular weight excluding hydrogens is 214 g/mol. The van der Waals surface area contributed by atoms with Crippen molar-refractivity contribution < 1.29 is 14.7 Å². The lowest BCUT2D eigenvalue weighted by Gasteiger charge is -2.33. The molecule has 0 saturated carbocycles. The molecule has 0 heterocycles. The minimum atomic E-state index is -1.15. The summed E-state index contributed by atoms with van der Waals surface area (Å²) in [5.74, 6) is -0.561. The minimum absolute atomic E-state index is 0.128. The van der Waals surface area contributed by atoms with Gasteiger partial charge in [-0.25, -0.2) is 4.79 Å². The number of carboxylic acid groups (broad SMARTS) is 1. The molecule has 5 heteroatoms. The predicted octanol–water partition coefficient (Wildman–Crippen LogP) is 1.31. The van der Waals surface area contributed by atoms with Gasteiger partial charge in [-0.2, -0.15) is 11.8 Å². The highest BCUT2D eigenvalue weighted by atomic mass is 32.2. The number of nitrogens with zero attached hydrogens (tertiary/aromatic N) is 1. The van der Waals surface area contributed by atoms with E-state index >= 15 is 0 Å². The van der Waals surface area contributed by atoms with Crippen LogP contribution in [0, 0.1) is 5.92 Å². The molecule has 0 radical (unpaired) electrons. The second-order valence-electron chi connectivity index (χ2n) is 4.12. The molecule has 1 unspecified atom stereocenters. The minimum Gasteiger partial charge on any atom is -0.480 e. The first-order valence-corrected chi connectivity index (χ1v) is 6.14. The van der Waals surface area contributed by atoms with E-state index in [4.69, 9.17) is 5.11 Å². The predicted molar refractivity (Wildman–Crippen MR) is 62.0 cm³/mol. The summed E-state index contributed by atoms with van der Waals surface area (Å²) >= 11 is 1.58. The molecule has 0 aliphatic carbocycles. The summed E-state index contributed by atoms with van der Waals surface area (Å²) in [4.78, 5) is 24.1. The Hall–Kier alpha value is -0.710. The second kappa shape index (κ2) is 5.39. The van der Waals surface area contributed by atoms with E-state index < -0.39 is 11.5 Å². The molecule has 88 valence electrons. The summed E-state index contributed by atoms with van der Waals surface area (Å²) in [6.07, 6.45) is 1.92. The topological polar surface area (TPSA) is 57.6 Å². The summed E-state index contributed by atoms with van der Waals surface area (Å²) in [6, 6.07) is 0. The van der Waals surface area contributed by atoms with Crippen LogP contribution < -0.4 is 0 Å². The van der Waals surface area contributed by atoms with E-state index in [-0.39, 0.29) is 11.8 Å². The summed E-state index contributed by atoms with van der Waals surface area (Å²) in [5.41, 5.74) is -1.15. The van der Waals surface area contributed by atoms with Crippen LogP contribution in [0.15, 0.2) is 0 Å². The van der Waals surface area contributed by atoms with Crippen LogP contribution >= 0.6 is 11.8 Å². The van der Waals surface area contributed by atoms with Crippen molar-refractivity contribution in [1.82, 2.24) is 4.90 Å². The molecule has 1 amide bonds. The van der Waals surface area contributed by atoms with Gasteiger partial charge in [0, 0.05) is 18.7 Å². The molecule has 0 aromatic rings. The molecule has 0 aromatic carbocycles. The van der Waals surface area contributed by atoms with E-state index in [1.165, 1.54) is 25.8 Å². The van der Waals surface area contributed by atoms with Crippen molar-refractivity contribution in [2.75, 3.05) is 19.1 Å². The van der Waals surface area contributed by atoms with Crippen molar-refractivity contribution in [3.05, 3.63) is 0 Å². The number of thioether (sulfide) groups is 1. The molecule has 0 aliphatic rings. The van der Waals surface area contributed by atoms with Gasteiger partial charge in [0.25, 0.3) is 0 Å². The SMILES string of the molecule is CSCC(C)C(=O)N(C)C(C)(C)C(=O)O. The molecule has 1 N–H and O–H groups in total. The fourth-order valence-electron chi connectivity index (χ4n) is 1.07. The van der Waals surface area contributed by atoms with Crippen molar-refractivity contribution in [2.24, 2.45) is 5.92 Å². The van der Waals surface area contributed by atoms with Gasteiger partial charge in [-0.05, 0) is 20.1 Å². The highest BCUT2D eigenvalue weighted by Crippen LogP contribution is 2.17. The van der Waals surface area contributed by atoms with E-state index in [1.54, 1.807) is 11.8 Å². The number of rotatable bonds is 5. The maximum Gasteiger partial charge on any atom is 0.329 e. The van der Waals surface area contributed by atoms with Crippen LogP contribution in [0.25, 0.3) is 0 Å². The van der Waals surface area contributed by atoms with Crippen LogP contribution in [0.5, 0.6) is 0 Å². The second-order valence-corrected chi connectivity index (χ2v) is 5.03. The fraction of sp³-hybridized carbons (Fsp3) is 0.800. The van der Waals surface area contributed by atoms with Crippen LogP contribution in [-0.2, 0) is 9.59 Å². The molecule has 0 aromatic heterocycles. The van der Waals surface area contributed by atoms with Gasteiger partial charge in [0.2, 0.25) is 5.91 Å². The first kappa shape index (κ1) is 14.3. The molecule has 0 spiro atoms. The normalized spacial score (nSPS) is 13.4. The molecule has 0 aliphatic heterocycles. The zero-order valence-electron chi connectivity index (χ0n) is 9.90. The summed E-state index contributed by atoms with van der Waals surface area (Å²) in [7, 11) is 1.54. The first-order valence-electron chi connectivity index (χ1n) is 4.75. The lowest BCUT2D eigenvalue weighted by molar-refractivity contribution is -0.156. The molecule has 15 heavy (non-hydrogen) atoms. The van der Waals surface area contributed by atoms with Gasteiger partial charge in [-0.1, -0.05) is 6.92 Å². The average molecular weight is 233 g/mol. The number of amides is 1. The smallest absolute Gasteiger partial charge is 0.329 e. The third kappa shape index (κ3) is 3.41. The third-order valence-corrected chi connectivity index (χ3v) is 3.36. The average Bonchev–Trinajstić information content (AvgIpc) is 2.15. The van der Waals surface area contributed by atoms with E-state index in [1.807, 2.05) is 13.2 Å². The van der Waals surface area contributed by atoms with Crippen LogP contribution in [0.2, 0.25) is 0 Å². The number of aliphatic carboxylic acids is 1. The molecule has 0 saturated heterocycles. The van der Waals surface area contributed by atoms with E-state index in [0.717, 1.165) is 0 Å². The summed E-state index contributed by atoms with van der Waals surface area (Å²) < 4.78 is 0. The van der Waals surface area contributed by atoms with Crippen molar-refractivity contribution in [3.63, 3.8) is 0 Å². The lowest BCUT2D eigenvalue weighted by atomic mass is 10.0. The van der Waals surface area contributed by atoms with E-state index in [2.05, 4.69) is 0 Å². The molecule has 4 nitrogen and oxygen atoms in total. The Morgan fingerprint density at radius 3 is 2.27 bits per heavy atom. The number of carbonyl (C=O) groups is 2. The maximum absolute atomic E-state index is 11.8. The molecule has 0 fully saturated rings. The fourth-order valence-corrected chi connectivity index (χ4v) is 1.71. The van der Waals surface area contributed by atoms with Crippen molar-refractivity contribution in [3.8, 4) is 0 Å². The van der Waals surface area contributed by atoms with Gasteiger partial charge >= 0.3 is 5.97 Å². The van der Waals surface area contributed by atoms with Gasteiger partial charge in [-0.15, -0.1) is 0 Å². The zero-order chi connectivity index (χ0) is 12.2. The van der Waals surface area contributed by atoms with Gasteiger partial charge in [0.15, 0.2) is 0 Å². The highest BCUT2D eigenvalue weighted by molar-refractivity contribution is 7.98. The molecule has 1 atom stereocenters. The van der Waals surface area contributed by atoms with Gasteiger partial charge in [0.05, 0.1) is 0 Å². The van der Waals surface area contributed by atoms with Crippen molar-refractivity contribution in [2.45, 2.75) is 26.3 Å². The Morgan fingerprint density at radius 2 is 1.93 bits per heavy atom. The Morgan fingerprint density at radius 1 is 1.47 bits per heavy atom. The first-order chi connectivity index (χ1) is 6.75.